The third-order valence-corrected chi connectivity index (χ3v) is 4.93. The second kappa shape index (κ2) is 11.0. The van der Waals surface area contributed by atoms with E-state index in [1.54, 1.807) is 31.9 Å². The molecule has 6 heteroatoms. The number of ether oxygens (including phenoxy) is 1. The molecule has 0 aromatic heterocycles. The number of rotatable bonds is 8. The van der Waals surface area contributed by atoms with Crippen molar-refractivity contribution in [3.8, 4) is 0 Å². The van der Waals surface area contributed by atoms with E-state index in [0.717, 1.165) is 25.7 Å². The summed E-state index contributed by atoms with van der Waals surface area (Å²) in [6, 6.07) is -0.238. The van der Waals surface area contributed by atoms with Gasteiger partial charge in [-0.05, 0) is 32.6 Å². The van der Waals surface area contributed by atoms with Crippen LogP contribution in [0.5, 0.6) is 0 Å². The normalized spacial score (nSPS) is 16.9. The van der Waals surface area contributed by atoms with Crippen LogP contribution in [-0.2, 0) is 19.1 Å². The van der Waals surface area contributed by atoms with Crippen LogP contribution in [0.4, 0.5) is 0 Å². The van der Waals surface area contributed by atoms with E-state index in [2.05, 4.69) is 5.32 Å². The molecule has 0 aliphatic heterocycles. The lowest BCUT2D eigenvalue weighted by Crippen LogP contribution is -2.46. The smallest absolute Gasteiger partial charge is 0.333 e. The Kier molecular flexibility index (Phi) is 9.38. The molecular formula is C20H34N2O4. The molecule has 26 heavy (non-hydrogen) atoms. The number of nitrogens with one attached hydrogen (secondary N) is 1. The van der Waals surface area contributed by atoms with Crippen LogP contribution in [0.25, 0.3) is 0 Å². The first kappa shape index (κ1) is 22.2. The molecule has 1 atom stereocenters. The minimum atomic E-state index is -0.371. The molecule has 0 unspecified atom stereocenters. The Balaban J connectivity index is 2.65. The van der Waals surface area contributed by atoms with Crippen LogP contribution in [0, 0.1) is 11.8 Å². The van der Waals surface area contributed by atoms with Crippen molar-refractivity contribution in [3.05, 3.63) is 11.6 Å². The number of nitrogens with zero attached hydrogens (tertiary/aromatic N) is 1. The highest BCUT2D eigenvalue weighted by atomic mass is 16.5. The molecule has 6 nitrogen and oxygen atoms in total. The first-order chi connectivity index (χ1) is 12.3. The predicted molar refractivity (Wildman–Crippen MR) is 101 cm³/mol. The topological polar surface area (TPSA) is 75.7 Å². The van der Waals surface area contributed by atoms with Crippen LogP contribution in [0.3, 0.4) is 0 Å². The largest absolute Gasteiger partial charge is 0.463 e. The van der Waals surface area contributed by atoms with Gasteiger partial charge in [0.25, 0.3) is 0 Å². The van der Waals surface area contributed by atoms with Gasteiger partial charge in [0, 0.05) is 18.5 Å². The Bertz CT molecular complexity index is 522. The summed E-state index contributed by atoms with van der Waals surface area (Å²) >= 11 is 0. The van der Waals surface area contributed by atoms with E-state index < -0.39 is 0 Å². The molecule has 0 bridgehead atoms. The van der Waals surface area contributed by atoms with Crippen LogP contribution in [0.15, 0.2) is 11.6 Å². The Morgan fingerprint density at radius 1 is 1.19 bits per heavy atom. The van der Waals surface area contributed by atoms with Crippen LogP contribution < -0.4 is 5.32 Å². The van der Waals surface area contributed by atoms with Crippen molar-refractivity contribution in [1.29, 1.82) is 0 Å². The second-order valence-electron chi connectivity index (χ2n) is 7.36. The minimum absolute atomic E-state index is 0.0126. The number of esters is 1. The zero-order chi connectivity index (χ0) is 19.7. The lowest BCUT2D eigenvalue weighted by molar-refractivity contribution is -0.138. The number of hydrogen-bond donors (Lipinski definition) is 1. The van der Waals surface area contributed by atoms with Gasteiger partial charge in [-0.1, -0.05) is 39.2 Å². The van der Waals surface area contributed by atoms with Gasteiger partial charge in [0.05, 0.1) is 19.2 Å². The number of hydrogen-bond acceptors (Lipinski definition) is 4. The molecule has 0 aromatic rings. The summed E-state index contributed by atoms with van der Waals surface area (Å²) in [5, 5.41) is 2.78. The van der Waals surface area contributed by atoms with Gasteiger partial charge in [-0.3, -0.25) is 9.59 Å². The van der Waals surface area contributed by atoms with Gasteiger partial charge in [-0.25, -0.2) is 4.79 Å². The summed E-state index contributed by atoms with van der Waals surface area (Å²) in [5.41, 5.74) is 0.483. The first-order valence-electron chi connectivity index (χ1n) is 9.66. The molecule has 0 aromatic carbocycles. The van der Waals surface area contributed by atoms with E-state index in [0.29, 0.717) is 12.2 Å². The maximum atomic E-state index is 12.5. The van der Waals surface area contributed by atoms with Gasteiger partial charge >= 0.3 is 5.97 Å². The molecule has 0 saturated heterocycles. The molecular weight excluding hydrogens is 332 g/mol. The lowest BCUT2D eigenvalue weighted by Gasteiger charge is -2.30. The zero-order valence-electron chi connectivity index (χ0n) is 16.8. The fourth-order valence-corrected chi connectivity index (χ4v) is 3.28. The van der Waals surface area contributed by atoms with Gasteiger partial charge in [0.15, 0.2) is 0 Å². The zero-order valence-corrected chi connectivity index (χ0v) is 16.8. The molecule has 0 heterocycles. The van der Waals surface area contributed by atoms with E-state index in [1.807, 2.05) is 13.8 Å². The monoisotopic (exact) mass is 366 g/mol. The molecule has 1 saturated carbocycles. The molecule has 1 N–H and O–H groups in total. The van der Waals surface area contributed by atoms with Gasteiger partial charge in [-0.15, -0.1) is 0 Å². The molecule has 1 rings (SSSR count). The van der Waals surface area contributed by atoms with Gasteiger partial charge in [-0.2, -0.15) is 0 Å². The summed E-state index contributed by atoms with van der Waals surface area (Å²) in [5.74, 6) is -0.396. The maximum absolute atomic E-state index is 12.5. The third kappa shape index (κ3) is 6.81. The standard InChI is InChI=1S/C20H34N2O4/c1-6-26-20(25)15(4)12-17(14(2)3)22(5)18(23)13-21-19(24)16-10-8-7-9-11-16/h12,14,16-17H,6-11,13H2,1-5H3,(H,21,24)/b15-12+/t17-/m1/s1. The molecule has 1 fully saturated rings. The van der Waals surface area contributed by atoms with Crippen LogP contribution in [0.1, 0.15) is 59.8 Å². The number of amides is 2. The van der Waals surface area contributed by atoms with Crippen molar-refractivity contribution < 1.29 is 19.1 Å². The third-order valence-electron chi connectivity index (χ3n) is 4.93. The SMILES string of the molecule is CCOC(=O)/C(C)=C/[C@H](C(C)C)N(C)C(=O)CNC(=O)C1CCCCC1. The van der Waals surface area contributed by atoms with Crippen LogP contribution >= 0.6 is 0 Å². The van der Waals surface area contributed by atoms with Crippen molar-refractivity contribution >= 4 is 17.8 Å². The van der Waals surface area contributed by atoms with E-state index in [4.69, 9.17) is 4.74 Å². The molecule has 148 valence electrons. The van der Waals surface area contributed by atoms with Crippen molar-refractivity contribution in [2.75, 3.05) is 20.2 Å². The minimum Gasteiger partial charge on any atom is -0.463 e. The highest BCUT2D eigenvalue weighted by molar-refractivity contribution is 5.88. The molecule has 0 radical (unpaired) electrons. The quantitative estimate of drug-likeness (QED) is 0.529. The van der Waals surface area contributed by atoms with Crippen molar-refractivity contribution in [3.63, 3.8) is 0 Å². The Morgan fingerprint density at radius 2 is 1.81 bits per heavy atom. The average Bonchev–Trinajstić information content (AvgIpc) is 2.63. The van der Waals surface area contributed by atoms with Gasteiger partial charge in [0.2, 0.25) is 11.8 Å². The van der Waals surface area contributed by atoms with Crippen LogP contribution in [0.2, 0.25) is 0 Å². The highest BCUT2D eigenvalue weighted by Crippen LogP contribution is 2.23. The van der Waals surface area contributed by atoms with Crippen molar-refractivity contribution in [2.24, 2.45) is 11.8 Å². The van der Waals surface area contributed by atoms with E-state index in [9.17, 15) is 14.4 Å². The fraction of sp³-hybridized carbons (Fsp3) is 0.750. The Labute approximate surface area is 157 Å². The number of carbonyl (C=O) groups is 3. The maximum Gasteiger partial charge on any atom is 0.333 e. The highest BCUT2D eigenvalue weighted by Gasteiger charge is 2.25. The van der Waals surface area contributed by atoms with Crippen LogP contribution in [-0.4, -0.2) is 48.9 Å². The van der Waals surface area contributed by atoms with Crippen molar-refractivity contribution in [2.45, 2.75) is 65.8 Å². The molecule has 1 aliphatic rings. The molecule has 0 spiro atoms. The second-order valence-corrected chi connectivity index (χ2v) is 7.36. The van der Waals surface area contributed by atoms with Gasteiger partial charge in [0.1, 0.15) is 0 Å². The lowest BCUT2D eigenvalue weighted by atomic mass is 9.89. The summed E-state index contributed by atoms with van der Waals surface area (Å²) in [7, 11) is 1.70. The summed E-state index contributed by atoms with van der Waals surface area (Å²) in [6.45, 7) is 7.74. The van der Waals surface area contributed by atoms with E-state index in [1.165, 1.54) is 6.42 Å². The summed E-state index contributed by atoms with van der Waals surface area (Å²) in [6.07, 6.45) is 6.94. The summed E-state index contributed by atoms with van der Waals surface area (Å²) in [4.78, 5) is 38.2. The Morgan fingerprint density at radius 3 is 2.35 bits per heavy atom. The summed E-state index contributed by atoms with van der Waals surface area (Å²) < 4.78 is 5.00. The molecule has 1 aliphatic carbocycles. The fourth-order valence-electron chi connectivity index (χ4n) is 3.28. The van der Waals surface area contributed by atoms with E-state index >= 15 is 0 Å². The molecule has 2 amide bonds. The van der Waals surface area contributed by atoms with Gasteiger partial charge < -0.3 is 15.0 Å². The van der Waals surface area contributed by atoms with E-state index in [-0.39, 0.29) is 42.2 Å². The predicted octanol–water partition coefficient (Wildman–Crippen LogP) is 2.68. The van der Waals surface area contributed by atoms with Crippen molar-refractivity contribution in [1.82, 2.24) is 10.2 Å². The first-order valence-corrected chi connectivity index (χ1v) is 9.66. The number of carbonyl (C=O) groups excluding carboxylic acids is 3. The number of likely N-dealkylation sites (N-methyl/N-ethyl adjacent to an activating group) is 1. The Hall–Kier alpha value is -1.85. The average molecular weight is 367 g/mol.